The summed E-state index contributed by atoms with van der Waals surface area (Å²) in [5.74, 6) is -1.41. The zero-order chi connectivity index (χ0) is 12.7. The minimum atomic E-state index is -0.918. The van der Waals surface area contributed by atoms with E-state index in [-0.39, 0.29) is 4.47 Å². The molecule has 2 aromatic rings. The first-order valence-corrected chi connectivity index (χ1v) is 6.96. The van der Waals surface area contributed by atoms with E-state index in [4.69, 9.17) is 0 Å². The van der Waals surface area contributed by atoms with Gasteiger partial charge in [0.25, 0.3) is 0 Å². The average molecular weight is 332 g/mol. The molecular formula is C11H8BrF2N3S. The summed E-state index contributed by atoms with van der Waals surface area (Å²) in [6.45, 7) is 0. The lowest BCUT2D eigenvalue weighted by molar-refractivity contribution is 0.504. The molecule has 0 spiro atoms. The number of nitrogens with zero attached hydrogens (tertiary/aromatic N) is 2. The molecule has 0 unspecified atom stereocenters. The first kappa shape index (κ1) is 12.0. The van der Waals surface area contributed by atoms with Crippen molar-refractivity contribution in [3.63, 3.8) is 0 Å². The van der Waals surface area contributed by atoms with Gasteiger partial charge in [-0.3, -0.25) is 0 Å². The molecule has 1 aromatic heterocycles. The first-order valence-electron chi connectivity index (χ1n) is 5.39. The number of aromatic nitrogens is 2. The predicted molar refractivity (Wildman–Crippen MR) is 69.6 cm³/mol. The van der Waals surface area contributed by atoms with E-state index >= 15 is 0 Å². The second kappa shape index (κ2) is 4.55. The van der Waals surface area contributed by atoms with Crippen molar-refractivity contribution in [1.82, 2.24) is 9.36 Å². The summed E-state index contributed by atoms with van der Waals surface area (Å²) in [5, 5.41) is 3.93. The van der Waals surface area contributed by atoms with Gasteiger partial charge in [0.2, 0.25) is 5.13 Å². The average Bonchev–Trinajstić information content (AvgIpc) is 3.04. The van der Waals surface area contributed by atoms with Crippen LogP contribution in [0, 0.1) is 11.6 Å². The summed E-state index contributed by atoms with van der Waals surface area (Å²) in [5.41, 5.74) is 0.453. The zero-order valence-corrected chi connectivity index (χ0v) is 11.5. The third-order valence-corrected chi connectivity index (χ3v) is 4.03. The Morgan fingerprint density at radius 2 is 2.11 bits per heavy atom. The Labute approximate surface area is 115 Å². The number of benzene rings is 1. The fourth-order valence-electron chi connectivity index (χ4n) is 1.49. The Morgan fingerprint density at radius 3 is 2.83 bits per heavy atom. The molecular weight excluding hydrogens is 324 g/mol. The smallest absolute Gasteiger partial charge is 0.203 e. The van der Waals surface area contributed by atoms with Crippen molar-refractivity contribution in [3.8, 4) is 11.4 Å². The number of hydrogen-bond acceptors (Lipinski definition) is 4. The van der Waals surface area contributed by atoms with Gasteiger partial charge < -0.3 is 5.32 Å². The Kier molecular flexibility index (Phi) is 3.03. The van der Waals surface area contributed by atoms with Gasteiger partial charge in [-0.05, 0) is 40.9 Å². The van der Waals surface area contributed by atoms with Crippen LogP contribution in [0.25, 0.3) is 11.4 Å². The van der Waals surface area contributed by atoms with Gasteiger partial charge in [0.1, 0.15) is 0 Å². The fraction of sp³-hybridized carbons (Fsp3) is 0.273. The lowest BCUT2D eigenvalue weighted by Gasteiger charge is -2.02. The van der Waals surface area contributed by atoms with Crippen molar-refractivity contribution in [2.45, 2.75) is 18.9 Å². The molecule has 0 atom stereocenters. The van der Waals surface area contributed by atoms with Crippen LogP contribution in [0.15, 0.2) is 16.6 Å². The third-order valence-electron chi connectivity index (χ3n) is 2.61. The third kappa shape index (κ3) is 2.24. The second-order valence-electron chi connectivity index (χ2n) is 4.06. The van der Waals surface area contributed by atoms with Crippen LogP contribution in [-0.2, 0) is 0 Å². The molecule has 3 rings (SSSR count). The lowest BCUT2D eigenvalue weighted by atomic mass is 10.2. The summed E-state index contributed by atoms with van der Waals surface area (Å²) in [6.07, 6.45) is 2.29. The maximum Gasteiger partial charge on any atom is 0.203 e. The van der Waals surface area contributed by atoms with E-state index < -0.39 is 11.6 Å². The van der Waals surface area contributed by atoms with Crippen molar-refractivity contribution in [2.75, 3.05) is 5.32 Å². The maximum atomic E-state index is 13.4. The van der Waals surface area contributed by atoms with Crippen LogP contribution in [-0.4, -0.2) is 15.4 Å². The summed E-state index contributed by atoms with van der Waals surface area (Å²) >= 11 is 4.25. The predicted octanol–water partition coefficient (Wildman–Crippen LogP) is 3.82. The largest absolute Gasteiger partial charge is 0.358 e. The molecule has 0 radical (unpaired) electrons. The molecule has 1 aromatic carbocycles. The Bertz CT molecular complexity index is 598. The molecule has 1 heterocycles. The van der Waals surface area contributed by atoms with Crippen LogP contribution in [0.2, 0.25) is 0 Å². The van der Waals surface area contributed by atoms with Gasteiger partial charge in [-0.2, -0.15) is 9.36 Å². The van der Waals surface area contributed by atoms with E-state index in [1.165, 1.54) is 17.6 Å². The van der Waals surface area contributed by atoms with E-state index in [1.54, 1.807) is 0 Å². The molecule has 0 bridgehead atoms. The quantitative estimate of drug-likeness (QED) is 0.869. The highest BCUT2D eigenvalue weighted by atomic mass is 79.9. The maximum absolute atomic E-state index is 13.4. The fourth-order valence-corrected chi connectivity index (χ4v) is 2.65. The van der Waals surface area contributed by atoms with Crippen LogP contribution in [0.5, 0.6) is 0 Å². The summed E-state index contributed by atoms with van der Waals surface area (Å²) in [6, 6.07) is 3.02. The SMILES string of the molecule is Fc1ccc(-c2nsc(NC3CC3)n2)c(Br)c1F. The van der Waals surface area contributed by atoms with Crippen molar-refractivity contribution in [3.05, 3.63) is 28.2 Å². The topological polar surface area (TPSA) is 37.8 Å². The molecule has 18 heavy (non-hydrogen) atoms. The summed E-state index contributed by atoms with van der Waals surface area (Å²) < 4.78 is 30.6. The number of nitrogens with one attached hydrogen (secondary N) is 1. The highest BCUT2D eigenvalue weighted by Gasteiger charge is 2.23. The number of hydrogen-bond donors (Lipinski definition) is 1. The summed E-state index contributed by atoms with van der Waals surface area (Å²) in [7, 11) is 0. The molecule has 1 fully saturated rings. The van der Waals surface area contributed by atoms with Gasteiger partial charge in [0.05, 0.1) is 4.47 Å². The molecule has 0 aliphatic heterocycles. The zero-order valence-electron chi connectivity index (χ0n) is 9.08. The van der Waals surface area contributed by atoms with Gasteiger partial charge >= 0.3 is 0 Å². The highest BCUT2D eigenvalue weighted by Crippen LogP contribution is 2.32. The first-order chi connectivity index (χ1) is 8.65. The highest BCUT2D eigenvalue weighted by molar-refractivity contribution is 9.10. The molecule has 1 saturated carbocycles. The van der Waals surface area contributed by atoms with Crippen LogP contribution >= 0.6 is 27.5 Å². The molecule has 1 aliphatic rings. The van der Waals surface area contributed by atoms with Gasteiger partial charge in [-0.25, -0.2) is 8.78 Å². The lowest BCUT2D eigenvalue weighted by Crippen LogP contribution is -1.99. The van der Waals surface area contributed by atoms with E-state index in [2.05, 4.69) is 30.6 Å². The Hall–Kier alpha value is -1.08. The van der Waals surface area contributed by atoms with E-state index in [1.807, 2.05) is 0 Å². The molecule has 0 saturated heterocycles. The van der Waals surface area contributed by atoms with Gasteiger partial charge in [-0.15, -0.1) is 0 Å². The van der Waals surface area contributed by atoms with E-state index in [0.717, 1.165) is 18.9 Å². The van der Waals surface area contributed by atoms with Crippen molar-refractivity contribution >= 4 is 32.6 Å². The summed E-state index contributed by atoms with van der Waals surface area (Å²) in [4.78, 5) is 4.27. The van der Waals surface area contributed by atoms with Gasteiger partial charge in [0, 0.05) is 23.1 Å². The molecule has 0 amide bonds. The molecule has 1 aliphatic carbocycles. The van der Waals surface area contributed by atoms with Crippen molar-refractivity contribution in [2.24, 2.45) is 0 Å². The Morgan fingerprint density at radius 1 is 1.33 bits per heavy atom. The van der Waals surface area contributed by atoms with Gasteiger partial charge in [0.15, 0.2) is 17.5 Å². The standard InChI is InChI=1S/C11H8BrF2N3S/c12-8-6(3-4-7(13)9(8)14)10-16-11(18-17-10)15-5-1-2-5/h3-5H,1-2H2,(H,15,16,17). The molecule has 3 nitrogen and oxygen atoms in total. The molecule has 7 heteroatoms. The van der Waals surface area contributed by atoms with Crippen LogP contribution < -0.4 is 5.32 Å². The number of rotatable bonds is 3. The van der Waals surface area contributed by atoms with Crippen molar-refractivity contribution < 1.29 is 8.78 Å². The van der Waals surface area contributed by atoms with Crippen LogP contribution in [0.4, 0.5) is 13.9 Å². The van der Waals surface area contributed by atoms with Crippen molar-refractivity contribution in [1.29, 1.82) is 0 Å². The van der Waals surface area contributed by atoms with Crippen LogP contribution in [0.1, 0.15) is 12.8 Å². The number of halogens is 3. The minimum Gasteiger partial charge on any atom is -0.358 e. The molecule has 94 valence electrons. The van der Waals surface area contributed by atoms with E-state index in [0.29, 0.717) is 22.6 Å². The normalized spacial score (nSPS) is 14.8. The monoisotopic (exact) mass is 331 g/mol. The van der Waals surface area contributed by atoms with E-state index in [9.17, 15) is 8.78 Å². The molecule has 1 N–H and O–H groups in total. The number of anilines is 1. The Balaban J connectivity index is 1.93. The van der Waals surface area contributed by atoms with Gasteiger partial charge in [-0.1, -0.05) is 0 Å². The van der Waals surface area contributed by atoms with Crippen LogP contribution in [0.3, 0.4) is 0 Å². The second-order valence-corrected chi connectivity index (χ2v) is 5.61. The minimum absolute atomic E-state index is 0.0540.